The summed E-state index contributed by atoms with van der Waals surface area (Å²) in [6.07, 6.45) is -1.03. The Kier molecular flexibility index (Phi) is 8.84. The third kappa shape index (κ3) is 8.22. The Balaban J connectivity index is 2.91. The quantitative estimate of drug-likeness (QED) is 0.566. The van der Waals surface area contributed by atoms with Gasteiger partial charge in [0.1, 0.15) is 17.9 Å². The molecule has 8 nitrogen and oxygen atoms in total. The van der Waals surface area contributed by atoms with Crippen LogP contribution in [-0.4, -0.2) is 41.8 Å². The first kappa shape index (κ1) is 23.8. The van der Waals surface area contributed by atoms with E-state index in [1.165, 1.54) is 12.1 Å². The maximum atomic E-state index is 12.2. The Labute approximate surface area is 173 Å². The number of hydrogen-bond donors (Lipinski definition) is 3. The van der Waals surface area contributed by atoms with Crippen LogP contribution < -0.4 is 10.6 Å². The molecule has 0 heterocycles. The van der Waals surface area contributed by atoms with Gasteiger partial charge in [0.2, 0.25) is 5.91 Å². The number of benzene rings is 1. The van der Waals surface area contributed by atoms with Crippen molar-refractivity contribution in [2.45, 2.75) is 45.8 Å². The van der Waals surface area contributed by atoms with E-state index >= 15 is 0 Å². The number of hydrogen-bond acceptors (Lipinski definition) is 6. The minimum Gasteiger partial charge on any atom is -0.506 e. The maximum absolute atomic E-state index is 12.2. The average molecular weight is 435 g/mol. The van der Waals surface area contributed by atoms with Gasteiger partial charge in [-0.2, -0.15) is 0 Å². The number of ether oxygens (including phenoxy) is 2. The van der Waals surface area contributed by atoms with Gasteiger partial charge in [-0.05, 0) is 39.8 Å². The Morgan fingerprint density at radius 2 is 1.86 bits per heavy atom. The second-order valence-electron chi connectivity index (χ2n) is 6.81. The van der Waals surface area contributed by atoms with Crippen LogP contribution >= 0.6 is 23.2 Å². The number of halogens is 2. The standard InChI is InChI=1S/C18H24Cl2N2O6/c1-5-27-15(24)8-13(11-6-10(19)7-12(20)16(11)25)22-14(23)9-21-17(26)28-18(2,3)4/h6-7,13,25H,5,8-9H2,1-4H3,(H,21,26)(H,22,23). The molecular weight excluding hydrogens is 411 g/mol. The smallest absolute Gasteiger partial charge is 0.408 e. The van der Waals surface area contributed by atoms with Crippen LogP contribution in [0.15, 0.2) is 12.1 Å². The lowest BCUT2D eigenvalue weighted by Crippen LogP contribution is -2.41. The molecule has 1 atom stereocenters. The molecule has 1 rings (SSSR count). The van der Waals surface area contributed by atoms with Gasteiger partial charge < -0.3 is 25.2 Å². The van der Waals surface area contributed by atoms with E-state index < -0.39 is 36.2 Å². The average Bonchev–Trinajstić information content (AvgIpc) is 2.54. The van der Waals surface area contributed by atoms with E-state index in [4.69, 9.17) is 32.7 Å². The highest BCUT2D eigenvalue weighted by Gasteiger charge is 2.24. The van der Waals surface area contributed by atoms with Crippen LogP contribution in [0.2, 0.25) is 10.0 Å². The fourth-order valence-corrected chi connectivity index (χ4v) is 2.70. The second-order valence-corrected chi connectivity index (χ2v) is 7.65. The van der Waals surface area contributed by atoms with E-state index in [2.05, 4.69) is 10.6 Å². The lowest BCUT2D eigenvalue weighted by Gasteiger charge is -2.22. The minimum atomic E-state index is -0.969. The minimum absolute atomic E-state index is 0.0301. The molecule has 0 fully saturated rings. The summed E-state index contributed by atoms with van der Waals surface area (Å²) in [5.41, 5.74) is -0.563. The number of rotatable bonds is 7. The second kappa shape index (κ2) is 10.4. The van der Waals surface area contributed by atoms with E-state index in [0.29, 0.717) is 0 Å². The fourth-order valence-electron chi connectivity index (χ4n) is 2.19. The molecule has 0 radical (unpaired) electrons. The summed E-state index contributed by atoms with van der Waals surface area (Å²) in [6, 6.07) is 1.74. The van der Waals surface area contributed by atoms with Crippen molar-refractivity contribution in [3.05, 3.63) is 27.7 Å². The highest BCUT2D eigenvalue weighted by Crippen LogP contribution is 2.36. The zero-order valence-corrected chi connectivity index (χ0v) is 17.6. The fraction of sp³-hybridized carbons (Fsp3) is 0.500. The lowest BCUT2D eigenvalue weighted by molar-refractivity contribution is -0.143. The summed E-state index contributed by atoms with van der Waals surface area (Å²) in [4.78, 5) is 35.8. The van der Waals surface area contributed by atoms with Crippen molar-refractivity contribution in [3.63, 3.8) is 0 Å². The highest BCUT2D eigenvalue weighted by atomic mass is 35.5. The molecule has 2 amide bonds. The Morgan fingerprint density at radius 3 is 2.43 bits per heavy atom. The molecule has 1 aromatic rings. The molecule has 1 aromatic carbocycles. The van der Waals surface area contributed by atoms with Crippen LogP contribution in [0, 0.1) is 0 Å². The molecule has 0 saturated carbocycles. The molecular formula is C18H24Cl2N2O6. The van der Waals surface area contributed by atoms with Gasteiger partial charge in [0.05, 0.1) is 24.1 Å². The topological polar surface area (TPSA) is 114 Å². The number of aromatic hydroxyl groups is 1. The molecule has 156 valence electrons. The van der Waals surface area contributed by atoms with Gasteiger partial charge in [-0.25, -0.2) is 4.79 Å². The SMILES string of the molecule is CCOC(=O)CC(NC(=O)CNC(=O)OC(C)(C)C)c1cc(Cl)cc(Cl)c1O. The van der Waals surface area contributed by atoms with Crippen LogP contribution in [-0.2, 0) is 19.1 Å². The number of alkyl carbamates (subject to hydrolysis) is 1. The first-order valence-electron chi connectivity index (χ1n) is 8.52. The number of phenols is 1. The number of carbonyl (C=O) groups excluding carboxylic acids is 3. The van der Waals surface area contributed by atoms with Gasteiger partial charge in [0.25, 0.3) is 0 Å². The predicted molar refractivity (Wildman–Crippen MR) is 104 cm³/mol. The van der Waals surface area contributed by atoms with Crippen LogP contribution in [0.1, 0.15) is 45.7 Å². The van der Waals surface area contributed by atoms with E-state index in [1.54, 1.807) is 27.7 Å². The van der Waals surface area contributed by atoms with E-state index in [0.717, 1.165) is 0 Å². The van der Waals surface area contributed by atoms with Gasteiger partial charge in [-0.3, -0.25) is 9.59 Å². The third-order valence-electron chi connectivity index (χ3n) is 3.24. The van der Waals surface area contributed by atoms with Crippen molar-refractivity contribution < 1.29 is 29.0 Å². The summed E-state index contributed by atoms with van der Waals surface area (Å²) in [6.45, 7) is 6.46. The molecule has 3 N–H and O–H groups in total. The summed E-state index contributed by atoms with van der Waals surface area (Å²) in [5.74, 6) is -1.53. The van der Waals surface area contributed by atoms with Crippen molar-refractivity contribution >= 4 is 41.2 Å². The lowest BCUT2D eigenvalue weighted by atomic mass is 10.0. The Hall–Kier alpha value is -2.19. The van der Waals surface area contributed by atoms with Crippen LogP contribution in [0.5, 0.6) is 5.75 Å². The highest BCUT2D eigenvalue weighted by molar-refractivity contribution is 6.35. The molecule has 10 heteroatoms. The summed E-state index contributed by atoms with van der Waals surface area (Å²) in [7, 11) is 0. The zero-order valence-electron chi connectivity index (χ0n) is 16.1. The van der Waals surface area contributed by atoms with Gasteiger partial charge in [0.15, 0.2) is 0 Å². The summed E-state index contributed by atoms with van der Waals surface area (Å²) in [5, 5.41) is 15.3. The first-order chi connectivity index (χ1) is 12.9. The molecule has 0 bridgehead atoms. The number of amides is 2. The van der Waals surface area contributed by atoms with Crippen molar-refractivity contribution in [1.82, 2.24) is 10.6 Å². The number of carbonyl (C=O) groups is 3. The van der Waals surface area contributed by atoms with Gasteiger partial charge in [0, 0.05) is 10.6 Å². The molecule has 0 aliphatic rings. The van der Waals surface area contributed by atoms with Crippen molar-refractivity contribution in [1.29, 1.82) is 0 Å². The normalized spacial score (nSPS) is 12.1. The number of nitrogens with one attached hydrogen (secondary N) is 2. The first-order valence-corrected chi connectivity index (χ1v) is 9.28. The molecule has 0 saturated heterocycles. The van der Waals surface area contributed by atoms with Gasteiger partial charge >= 0.3 is 12.1 Å². The van der Waals surface area contributed by atoms with Crippen LogP contribution in [0.25, 0.3) is 0 Å². The van der Waals surface area contributed by atoms with Gasteiger partial charge in [-0.1, -0.05) is 23.2 Å². The molecule has 0 aromatic heterocycles. The summed E-state index contributed by atoms with van der Waals surface area (Å²) < 4.78 is 9.95. The Morgan fingerprint density at radius 1 is 1.21 bits per heavy atom. The van der Waals surface area contributed by atoms with Crippen molar-refractivity contribution in [2.24, 2.45) is 0 Å². The Bertz CT molecular complexity index is 734. The zero-order chi connectivity index (χ0) is 21.5. The predicted octanol–water partition coefficient (Wildman–Crippen LogP) is 3.33. The largest absolute Gasteiger partial charge is 0.506 e. The maximum Gasteiger partial charge on any atom is 0.408 e. The molecule has 0 aliphatic carbocycles. The monoisotopic (exact) mass is 434 g/mol. The third-order valence-corrected chi connectivity index (χ3v) is 3.74. The van der Waals surface area contributed by atoms with Crippen molar-refractivity contribution in [2.75, 3.05) is 13.2 Å². The molecule has 1 unspecified atom stereocenters. The number of esters is 1. The van der Waals surface area contributed by atoms with Crippen LogP contribution in [0.4, 0.5) is 4.79 Å². The van der Waals surface area contributed by atoms with E-state index in [1.807, 2.05) is 0 Å². The number of phenolic OH excluding ortho intramolecular Hbond substituents is 1. The van der Waals surface area contributed by atoms with Crippen LogP contribution in [0.3, 0.4) is 0 Å². The van der Waals surface area contributed by atoms with Gasteiger partial charge in [-0.15, -0.1) is 0 Å². The molecule has 28 heavy (non-hydrogen) atoms. The summed E-state index contributed by atoms with van der Waals surface area (Å²) >= 11 is 11.9. The van der Waals surface area contributed by atoms with Crippen molar-refractivity contribution in [3.8, 4) is 5.75 Å². The molecule has 0 aliphatic heterocycles. The van der Waals surface area contributed by atoms with E-state index in [-0.39, 0.29) is 34.4 Å². The van der Waals surface area contributed by atoms with E-state index in [9.17, 15) is 19.5 Å². The molecule has 0 spiro atoms.